The maximum absolute atomic E-state index is 11.3. The second-order valence-corrected chi connectivity index (χ2v) is 7.62. The van der Waals surface area contributed by atoms with Gasteiger partial charge in [0.15, 0.2) is 11.3 Å². The number of fused-ring (bicyclic) bond motifs is 1. The van der Waals surface area contributed by atoms with Crippen LogP contribution >= 0.6 is 0 Å². The van der Waals surface area contributed by atoms with E-state index >= 15 is 0 Å². The second kappa shape index (κ2) is 8.37. The fourth-order valence-corrected chi connectivity index (χ4v) is 3.38. The van der Waals surface area contributed by atoms with Gasteiger partial charge in [-0.1, -0.05) is 56.3 Å². The molecule has 0 amide bonds. The van der Waals surface area contributed by atoms with E-state index in [9.17, 15) is 9.90 Å². The predicted octanol–water partition coefficient (Wildman–Crippen LogP) is 4.87. The lowest BCUT2D eigenvalue weighted by atomic mass is 9.99. The Balaban J connectivity index is 1.65. The summed E-state index contributed by atoms with van der Waals surface area (Å²) in [7, 11) is 0. The van der Waals surface area contributed by atoms with Gasteiger partial charge < -0.3 is 9.84 Å². The lowest BCUT2D eigenvalue weighted by Gasteiger charge is -2.14. The van der Waals surface area contributed by atoms with Crippen LogP contribution in [0.15, 0.2) is 66.9 Å². The van der Waals surface area contributed by atoms with Crippen molar-refractivity contribution in [2.45, 2.75) is 26.9 Å². The Kier molecular flexibility index (Phi) is 5.48. The average Bonchev–Trinajstić information content (AvgIpc) is 3.19. The monoisotopic (exact) mass is 401 g/mol. The first-order chi connectivity index (χ1) is 14.5. The molecule has 0 aliphatic carbocycles. The van der Waals surface area contributed by atoms with Crippen molar-refractivity contribution < 1.29 is 14.6 Å². The Hall–Kier alpha value is -3.67. The Morgan fingerprint density at radius 2 is 1.83 bits per heavy atom. The number of benzene rings is 2. The molecule has 0 aliphatic heterocycles. The van der Waals surface area contributed by atoms with Gasteiger partial charge in [-0.2, -0.15) is 5.10 Å². The molecule has 0 fully saturated rings. The van der Waals surface area contributed by atoms with Gasteiger partial charge in [0.1, 0.15) is 12.4 Å². The van der Waals surface area contributed by atoms with Crippen molar-refractivity contribution in [1.82, 2.24) is 14.6 Å². The van der Waals surface area contributed by atoms with Crippen LogP contribution in [0, 0.1) is 5.92 Å². The third-order valence-electron chi connectivity index (χ3n) is 4.82. The molecule has 152 valence electrons. The van der Waals surface area contributed by atoms with Gasteiger partial charge in [-0.15, -0.1) is 0 Å². The van der Waals surface area contributed by atoms with E-state index in [1.165, 1.54) is 6.07 Å². The van der Waals surface area contributed by atoms with E-state index in [0.29, 0.717) is 18.2 Å². The molecule has 4 aromatic rings. The summed E-state index contributed by atoms with van der Waals surface area (Å²) in [6.07, 6.45) is 2.54. The summed E-state index contributed by atoms with van der Waals surface area (Å²) >= 11 is 0. The van der Waals surface area contributed by atoms with Crippen molar-refractivity contribution in [1.29, 1.82) is 0 Å². The molecule has 1 N–H and O–H groups in total. The number of carboxylic acids is 1. The van der Waals surface area contributed by atoms with Crippen LogP contribution in [-0.2, 0) is 13.0 Å². The summed E-state index contributed by atoms with van der Waals surface area (Å²) in [5.74, 6) is 0.104. The summed E-state index contributed by atoms with van der Waals surface area (Å²) in [6, 6.07) is 19.4. The topological polar surface area (TPSA) is 76.7 Å². The highest BCUT2D eigenvalue weighted by Gasteiger charge is 2.17. The standard InChI is InChI=1S/C24H23N3O3/c1-16(2)12-22-20(14-25-23-13-21(24(28)29)26-27(22)23)18-8-10-19(11-9-18)30-15-17-6-4-3-5-7-17/h3-11,13-14,16H,12,15H2,1-2H3,(H,28,29). The summed E-state index contributed by atoms with van der Waals surface area (Å²) in [4.78, 5) is 15.8. The first-order valence-electron chi connectivity index (χ1n) is 9.89. The highest BCUT2D eigenvalue weighted by atomic mass is 16.5. The molecule has 4 rings (SSSR count). The number of nitrogens with zero attached hydrogens (tertiary/aromatic N) is 3. The summed E-state index contributed by atoms with van der Waals surface area (Å²) in [5.41, 5.74) is 4.51. The number of aromatic carboxylic acids is 1. The van der Waals surface area contributed by atoms with Gasteiger partial charge in [-0.3, -0.25) is 0 Å². The predicted molar refractivity (Wildman–Crippen MR) is 115 cm³/mol. The summed E-state index contributed by atoms with van der Waals surface area (Å²) < 4.78 is 7.53. The minimum absolute atomic E-state index is 0.00526. The third-order valence-corrected chi connectivity index (χ3v) is 4.82. The zero-order valence-corrected chi connectivity index (χ0v) is 16.9. The first-order valence-corrected chi connectivity index (χ1v) is 9.89. The van der Waals surface area contributed by atoms with Crippen LogP contribution in [0.5, 0.6) is 5.75 Å². The zero-order chi connectivity index (χ0) is 21.1. The molecular formula is C24H23N3O3. The van der Waals surface area contributed by atoms with Gasteiger partial charge in [0.2, 0.25) is 0 Å². The molecule has 0 saturated carbocycles. The Labute approximate surface area is 174 Å². The third kappa shape index (κ3) is 4.17. The maximum Gasteiger partial charge on any atom is 0.356 e. The lowest BCUT2D eigenvalue weighted by molar-refractivity contribution is 0.0690. The van der Waals surface area contributed by atoms with E-state index < -0.39 is 5.97 Å². The number of rotatable bonds is 7. The van der Waals surface area contributed by atoms with Crippen LogP contribution in [-0.4, -0.2) is 25.7 Å². The normalized spacial score (nSPS) is 11.2. The smallest absolute Gasteiger partial charge is 0.356 e. The van der Waals surface area contributed by atoms with Gasteiger partial charge in [-0.25, -0.2) is 14.3 Å². The van der Waals surface area contributed by atoms with Crippen molar-refractivity contribution in [3.05, 3.63) is 83.8 Å². The minimum atomic E-state index is -1.06. The quantitative estimate of drug-likeness (QED) is 0.478. The minimum Gasteiger partial charge on any atom is -0.489 e. The highest BCUT2D eigenvalue weighted by Crippen LogP contribution is 2.28. The van der Waals surface area contributed by atoms with Gasteiger partial charge >= 0.3 is 5.97 Å². The first kappa shape index (κ1) is 19.6. The largest absolute Gasteiger partial charge is 0.489 e. The fourth-order valence-electron chi connectivity index (χ4n) is 3.38. The number of aromatic nitrogens is 3. The van der Waals surface area contributed by atoms with E-state index in [1.807, 2.05) is 54.6 Å². The SMILES string of the molecule is CC(C)Cc1c(-c2ccc(OCc3ccccc3)cc2)cnc2cc(C(=O)O)nn12. The van der Waals surface area contributed by atoms with Crippen LogP contribution in [0.2, 0.25) is 0 Å². The number of hydrogen-bond acceptors (Lipinski definition) is 4. The molecule has 0 spiro atoms. The average molecular weight is 401 g/mol. The summed E-state index contributed by atoms with van der Waals surface area (Å²) in [6.45, 7) is 4.76. The van der Waals surface area contributed by atoms with Gasteiger partial charge in [-0.05, 0) is 35.6 Å². The molecule has 2 heterocycles. The lowest BCUT2D eigenvalue weighted by Crippen LogP contribution is -2.08. The number of ether oxygens (including phenoxy) is 1. The van der Waals surface area contributed by atoms with E-state index in [-0.39, 0.29) is 5.69 Å². The van der Waals surface area contributed by atoms with Crippen LogP contribution in [0.25, 0.3) is 16.8 Å². The molecule has 0 radical (unpaired) electrons. The van der Waals surface area contributed by atoms with Crippen LogP contribution in [0.3, 0.4) is 0 Å². The molecule has 6 heteroatoms. The van der Waals surface area contributed by atoms with E-state index in [2.05, 4.69) is 23.9 Å². The van der Waals surface area contributed by atoms with E-state index in [1.54, 1.807) is 10.7 Å². The molecule has 0 unspecified atom stereocenters. The molecule has 0 bridgehead atoms. The molecule has 30 heavy (non-hydrogen) atoms. The highest BCUT2D eigenvalue weighted by molar-refractivity contribution is 5.86. The molecular weight excluding hydrogens is 378 g/mol. The molecule has 2 aromatic carbocycles. The van der Waals surface area contributed by atoms with E-state index in [4.69, 9.17) is 4.74 Å². The van der Waals surface area contributed by atoms with Crippen molar-refractivity contribution in [2.75, 3.05) is 0 Å². The van der Waals surface area contributed by atoms with Gasteiger partial charge in [0, 0.05) is 17.8 Å². The molecule has 0 atom stereocenters. The molecule has 0 aliphatic rings. The van der Waals surface area contributed by atoms with Crippen molar-refractivity contribution in [3.63, 3.8) is 0 Å². The van der Waals surface area contributed by atoms with Crippen molar-refractivity contribution in [3.8, 4) is 16.9 Å². The number of carbonyl (C=O) groups is 1. The van der Waals surface area contributed by atoms with Crippen LogP contribution < -0.4 is 4.74 Å². The number of carboxylic acid groups (broad SMARTS) is 1. The van der Waals surface area contributed by atoms with Crippen molar-refractivity contribution in [2.24, 2.45) is 5.92 Å². The summed E-state index contributed by atoms with van der Waals surface area (Å²) in [5, 5.41) is 13.6. The zero-order valence-electron chi connectivity index (χ0n) is 16.9. The van der Waals surface area contributed by atoms with Crippen LogP contribution in [0.4, 0.5) is 0 Å². The van der Waals surface area contributed by atoms with Crippen molar-refractivity contribution >= 4 is 11.6 Å². The Morgan fingerprint density at radius 1 is 1.10 bits per heavy atom. The molecule has 6 nitrogen and oxygen atoms in total. The Bertz CT molecular complexity index is 1170. The van der Waals surface area contributed by atoms with E-state index in [0.717, 1.165) is 34.6 Å². The number of hydrogen-bond donors (Lipinski definition) is 1. The maximum atomic E-state index is 11.3. The van der Waals surface area contributed by atoms with Crippen LogP contribution in [0.1, 0.15) is 35.6 Å². The second-order valence-electron chi connectivity index (χ2n) is 7.62. The molecule has 2 aromatic heterocycles. The fraction of sp³-hybridized carbons (Fsp3) is 0.208. The Morgan fingerprint density at radius 3 is 2.50 bits per heavy atom. The van der Waals surface area contributed by atoms with Gasteiger partial charge in [0.05, 0.1) is 5.69 Å². The van der Waals surface area contributed by atoms with Gasteiger partial charge in [0.25, 0.3) is 0 Å². The molecule has 0 saturated heterocycles.